The van der Waals surface area contributed by atoms with Gasteiger partial charge in [0.15, 0.2) is 0 Å². The highest BCUT2D eigenvalue weighted by Gasteiger charge is 2.27. The second kappa shape index (κ2) is 6.23. The second-order valence-corrected chi connectivity index (χ2v) is 6.52. The Morgan fingerprint density at radius 1 is 1.39 bits per heavy atom. The lowest BCUT2D eigenvalue weighted by molar-refractivity contribution is -0.119. The lowest BCUT2D eigenvalue weighted by atomic mass is 10.2. The van der Waals surface area contributed by atoms with E-state index >= 15 is 0 Å². The molecule has 1 aromatic heterocycles. The number of benzene rings is 1. The van der Waals surface area contributed by atoms with Crippen LogP contribution in [0.5, 0.6) is 0 Å². The topological polar surface area (TPSA) is 64.0 Å². The van der Waals surface area contributed by atoms with Gasteiger partial charge in [-0.1, -0.05) is 15.9 Å². The van der Waals surface area contributed by atoms with Gasteiger partial charge in [-0.3, -0.25) is 9.59 Å². The van der Waals surface area contributed by atoms with Crippen molar-refractivity contribution in [2.45, 2.75) is 31.7 Å². The van der Waals surface area contributed by atoms with Crippen molar-refractivity contribution in [2.75, 3.05) is 5.32 Å². The molecule has 1 amide bonds. The number of amides is 1. The molecule has 1 saturated carbocycles. The van der Waals surface area contributed by atoms with Crippen LogP contribution < -0.4 is 10.9 Å². The average Bonchev–Trinajstić information content (AvgIpc) is 3.34. The SMILES string of the molecule is CC(C(=O)Nc1ccc(Br)cc1F)n1nc(C2CC2)ccc1=O. The number of hydrogen-bond acceptors (Lipinski definition) is 3. The zero-order chi connectivity index (χ0) is 16.6. The lowest BCUT2D eigenvalue weighted by Crippen LogP contribution is -2.33. The molecule has 1 aromatic carbocycles. The van der Waals surface area contributed by atoms with Gasteiger partial charge in [0.2, 0.25) is 5.91 Å². The van der Waals surface area contributed by atoms with Gasteiger partial charge < -0.3 is 5.32 Å². The molecule has 1 unspecified atom stereocenters. The van der Waals surface area contributed by atoms with E-state index in [4.69, 9.17) is 0 Å². The van der Waals surface area contributed by atoms with Crippen LogP contribution in [-0.2, 0) is 4.79 Å². The van der Waals surface area contributed by atoms with Crippen molar-refractivity contribution in [3.63, 3.8) is 0 Å². The fraction of sp³-hybridized carbons (Fsp3) is 0.312. The summed E-state index contributed by atoms with van der Waals surface area (Å²) in [6.07, 6.45) is 2.10. The second-order valence-electron chi connectivity index (χ2n) is 5.60. The van der Waals surface area contributed by atoms with Crippen LogP contribution in [0.4, 0.5) is 10.1 Å². The Morgan fingerprint density at radius 2 is 2.13 bits per heavy atom. The van der Waals surface area contributed by atoms with E-state index in [1.165, 1.54) is 18.2 Å². The standard InChI is InChI=1S/C16H15BrFN3O2/c1-9(16(23)19-14-5-4-11(17)8-12(14)18)21-15(22)7-6-13(20-21)10-2-3-10/h4-10H,2-3H2,1H3,(H,19,23). The fourth-order valence-corrected chi connectivity index (χ4v) is 2.59. The number of nitrogens with zero attached hydrogens (tertiary/aromatic N) is 2. The zero-order valence-corrected chi connectivity index (χ0v) is 14.0. The van der Waals surface area contributed by atoms with Crippen molar-refractivity contribution in [3.05, 3.63) is 56.7 Å². The minimum absolute atomic E-state index is 0.0662. The molecule has 1 aliphatic carbocycles. The first-order chi connectivity index (χ1) is 11.0. The van der Waals surface area contributed by atoms with Crippen LogP contribution in [0.2, 0.25) is 0 Å². The van der Waals surface area contributed by atoms with Gasteiger partial charge in [-0.05, 0) is 44.0 Å². The van der Waals surface area contributed by atoms with Gasteiger partial charge in [0.05, 0.1) is 11.4 Å². The van der Waals surface area contributed by atoms with E-state index in [0.717, 1.165) is 23.2 Å². The Kier molecular flexibility index (Phi) is 4.30. The summed E-state index contributed by atoms with van der Waals surface area (Å²) in [6.45, 7) is 1.57. The largest absolute Gasteiger partial charge is 0.322 e. The molecule has 23 heavy (non-hydrogen) atoms. The fourth-order valence-electron chi connectivity index (χ4n) is 2.25. The number of carbonyl (C=O) groups excluding carboxylic acids is 1. The third-order valence-electron chi connectivity index (χ3n) is 3.78. The van der Waals surface area contributed by atoms with E-state index in [9.17, 15) is 14.0 Å². The molecule has 5 nitrogen and oxygen atoms in total. The van der Waals surface area contributed by atoms with E-state index in [1.54, 1.807) is 19.1 Å². The summed E-state index contributed by atoms with van der Waals surface area (Å²) in [5.74, 6) is -0.665. The molecule has 120 valence electrons. The molecule has 1 aliphatic rings. The third kappa shape index (κ3) is 3.50. The maximum absolute atomic E-state index is 13.8. The summed E-state index contributed by atoms with van der Waals surface area (Å²) in [6, 6.07) is 6.64. The summed E-state index contributed by atoms with van der Waals surface area (Å²) < 4.78 is 15.5. The Hall–Kier alpha value is -2.02. The summed E-state index contributed by atoms with van der Waals surface area (Å²) in [5, 5.41) is 6.77. The van der Waals surface area contributed by atoms with E-state index in [2.05, 4.69) is 26.3 Å². The van der Waals surface area contributed by atoms with Crippen molar-refractivity contribution in [3.8, 4) is 0 Å². The number of nitrogens with one attached hydrogen (secondary N) is 1. The minimum Gasteiger partial charge on any atom is -0.322 e. The van der Waals surface area contributed by atoms with Crippen molar-refractivity contribution in [1.29, 1.82) is 0 Å². The number of anilines is 1. The number of aromatic nitrogens is 2. The monoisotopic (exact) mass is 379 g/mol. The summed E-state index contributed by atoms with van der Waals surface area (Å²) in [4.78, 5) is 24.3. The molecule has 3 rings (SSSR count). The third-order valence-corrected chi connectivity index (χ3v) is 4.27. The number of halogens is 2. The summed E-state index contributed by atoms with van der Waals surface area (Å²) >= 11 is 3.16. The van der Waals surface area contributed by atoms with Gasteiger partial charge in [-0.25, -0.2) is 9.07 Å². The van der Waals surface area contributed by atoms with E-state index in [-0.39, 0.29) is 11.2 Å². The molecule has 2 aromatic rings. The molecule has 0 bridgehead atoms. The molecular formula is C16H15BrFN3O2. The Labute approximate surface area is 140 Å². The van der Waals surface area contributed by atoms with E-state index in [0.29, 0.717) is 10.4 Å². The first-order valence-corrected chi connectivity index (χ1v) is 8.10. The Balaban J connectivity index is 1.82. The van der Waals surface area contributed by atoms with Crippen molar-refractivity contribution in [2.24, 2.45) is 0 Å². The van der Waals surface area contributed by atoms with Crippen LogP contribution in [-0.4, -0.2) is 15.7 Å². The van der Waals surface area contributed by atoms with Crippen LogP contribution in [0, 0.1) is 5.82 Å². The molecule has 0 saturated heterocycles. The maximum Gasteiger partial charge on any atom is 0.267 e. The molecule has 0 aliphatic heterocycles. The molecular weight excluding hydrogens is 365 g/mol. The maximum atomic E-state index is 13.8. The van der Waals surface area contributed by atoms with Crippen LogP contribution in [0.25, 0.3) is 0 Å². The quantitative estimate of drug-likeness (QED) is 0.886. The highest BCUT2D eigenvalue weighted by atomic mass is 79.9. The van der Waals surface area contributed by atoms with Gasteiger partial charge in [-0.2, -0.15) is 5.10 Å². The minimum atomic E-state index is -0.829. The van der Waals surface area contributed by atoms with Crippen molar-refractivity contribution in [1.82, 2.24) is 9.78 Å². The lowest BCUT2D eigenvalue weighted by Gasteiger charge is -2.15. The van der Waals surface area contributed by atoms with Gasteiger partial charge in [0, 0.05) is 16.5 Å². The average molecular weight is 380 g/mol. The smallest absolute Gasteiger partial charge is 0.267 e. The number of carbonyl (C=O) groups is 1. The predicted molar refractivity (Wildman–Crippen MR) is 87.9 cm³/mol. The van der Waals surface area contributed by atoms with Gasteiger partial charge in [-0.15, -0.1) is 0 Å². The van der Waals surface area contributed by atoms with Crippen molar-refractivity contribution < 1.29 is 9.18 Å². The van der Waals surface area contributed by atoms with Crippen LogP contribution >= 0.6 is 15.9 Å². The Morgan fingerprint density at radius 3 is 2.78 bits per heavy atom. The van der Waals surface area contributed by atoms with Crippen LogP contribution in [0.1, 0.15) is 37.4 Å². The van der Waals surface area contributed by atoms with Crippen LogP contribution in [0.15, 0.2) is 39.6 Å². The van der Waals surface area contributed by atoms with E-state index in [1.807, 2.05) is 0 Å². The molecule has 1 N–H and O–H groups in total. The molecule has 0 spiro atoms. The predicted octanol–water partition coefficient (Wildman–Crippen LogP) is 3.22. The molecule has 1 heterocycles. The highest BCUT2D eigenvalue weighted by molar-refractivity contribution is 9.10. The molecule has 1 atom stereocenters. The summed E-state index contributed by atoms with van der Waals surface area (Å²) in [7, 11) is 0. The number of rotatable bonds is 4. The molecule has 7 heteroatoms. The van der Waals surface area contributed by atoms with E-state index < -0.39 is 17.8 Å². The van der Waals surface area contributed by atoms with Crippen LogP contribution in [0.3, 0.4) is 0 Å². The normalized spacial score (nSPS) is 15.3. The molecule has 0 radical (unpaired) electrons. The first kappa shape index (κ1) is 15.9. The van der Waals surface area contributed by atoms with Gasteiger partial charge >= 0.3 is 0 Å². The van der Waals surface area contributed by atoms with Gasteiger partial charge in [0.25, 0.3) is 5.56 Å². The number of hydrogen-bond donors (Lipinski definition) is 1. The Bertz CT molecular complexity index is 817. The first-order valence-electron chi connectivity index (χ1n) is 7.31. The van der Waals surface area contributed by atoms with Crippen molar-refractivity contribution >= 4 is 27.5 Å². The molecule has 1 fully saturated rings. The van der Waals surface area contributed by atoms with Gasteiger partial charge in [0.1, 0.15) is 11.9 Å². The highest BCUT2D eigenvalue weighted by Crippen LogP contribution is 2.38. The zero-order valence-electron chi connectivity index (χ0n) is 12.4. The summed E-state index contributed by atoms with van der Waals surface area (Å²) in [5.41, 5.74) is 0.531.